The molecule has 3 rings (SSSR count). The summed E-state index contributed by atoms with van der Waals surface area (Å²) in [6.45, 7) is 0. The van der Waals surface area contributed by atoms with E-state index in [1.165, 1.54) is 6.20 Å². The van der Waals surface area contributed by atoms with E-state index >= 15 is 0 Å². The highest BCUT2D eigenvalue weighted by Gasteiger charge is 2.53. The van der Waals surface area contributed by atoms with Crippen molar-refractivity contribution in [3.63, 3.8) is 0 Å². The number of imide groups is 2. The fraction of sp³-hybridized carbons (Fsp3) is 0.467. The Hall–Kier alpha value is -2.24. The summed E-state index contributed by atoms with van der Waals surface area (Å²) in [4.78, 5) is 42.3. The highest BCUT2D eigenvalue weighted by Crippen LogP contribution is 2.40. The molecule has 1 N–H and O–H groups in total. The number of carbonyl (C=O) groups excluding carboxylic acids is 3. The van der Waals surface area contributed by atoms with Gasteiger partial charge in [0, 0.05) is 6.20 Å². The molecule has 0 aromatic carbocycles. The van der Waals surface area contributed by atoms with Gasteiger partial charge in [0.1, 0.15) is 5.41 Å². The normalized spacial score (nSPS) is 22.1. The second kappa shape index (κ2) is 5.27. The summed E-state index contributed by atoms with van der Waals surface area (Å²) in [7, 11) is 0. The van der Waals surface area contributed by atoms with Crippen LogP contribution in [0.3, 0.4) is 0 Å². The van der Waals surface area contributed by atoms with Gasteiger partial charge in [-0.3, -0.25) is 19.9 Å². The van der Waals surface area contributed by atoms with Crippen LogP contribution in [0.2, 0.25) is 0 Å². The first-order chi connectivity index (χ1) is 10.1. The number of hydrogen-bond acceptors (Lipinski definition) is 4. The third-order valence-electron chi connectivity index (χ3n) is 4.33. The third-order valence-corrected chi connectivity index (χ3v) is 4.33. The van der Waals surface area contributed by atoms with Crippen LogP contribution in [0.15, 0.2) is 24.5 Å². The number of aromatic nitrogens is 1. The first kappa shape index (κ1) is 13.7. The summed E-state index contributed by atoms with van der Waals surface area (Å²) in [6, 6.07) is 2.62. The number of rotatable bonds is 1. The standard InChI is InChI=1S/C15H17N3O3/c19-12-15(7-3-1-2-4-8-15)13(20)18(14(21)17-12)11-6-5-9-16-10-11/h5-6,9-10H,1-4,7-8H2,(H,17,19,21). The van der Waals surface area contributed by atoms with Crippen LogP contribution >= 0.6 is 0 Å². The molecule has 2 heterocycles. The number of urea groups is 1. The van der Waals surface area contributed by atoms with Crippen LogP contribution < -0.4 is 10.2 Å². The minimum atomic E-state index is -1.10. The average Bonchev–Trinajstić information content (AvgIpc) is 2.74. The van der Waals surface area contributed by atoms with Crippen LogP contribution in [0.1, 0.15) is 38.5 Å². The Bertz CT molecular complexity index is 577. The van der Waals surface area contributed by atoms with Crippen LogP contribution in [0, 0.1) is 5.41 Å². The lowest BCUT2D eigenvalue weighted by atomic mass is 9.77. The Morgan fingerprint density at radius 3 is 2.43 bits per heavy atom. The van der Waals surface area contributed by atoms with E-state index in [1.54, 1.807) is 18.3 Å². The van der Waals surface area contributed by atoms with Gasteiger partial charge >= 0.3 is 6.03 Å². The van der Waals surface area contributed by atoms with Gasteiger partial charge in [-0.2, -0.15) is 0 Å². The maximum absolute atomic E-state index is 12.9. The molecule has 0 bridgehead atoms. The van der Waals surface area contributed by atoms with E-state index < -0.39 is 23.3 Å². The van der Waals surface area contributed by atoms with Gasteiger partial charge in [-0.05, 0) is 25.0 Å². The molecule has 1 spiro atoms. The van der Waals surface area contributed by atoms with Gasteiger partial charge in [-0.15, -0.1) is 0 Å². The van der Waals surface area contributed by atoms with Crippen molar-refractivity contribution < 1.29 is 14.4 Å². The van der Waals surface area contributed by atoms with Gasteiger partial charge in [-0.25, -0.2) is 9.69 Å². The Morgan fingerprint density at radius 2 is 1.81 bits per heavy atom. The first-order valence-corrected chi connectivity index (χ1v) is 7.25. The molecule has 0 radical (unpaired) electrons. The molecule has 0 unspecified atom stereocenters. The lowest BCUT2D eigenvalue weighted by Gasteiger charge is -2.38. The molecule has 4 amide bonds. The van der Waals surface area contributed by atoms with E-state index in [0.717, 1.165) is 30.6 Å². The Labute approximate surface area is 122 Å². The molecular weight excluding hydrogens is 270 g/mol. The average molecular weight is 287 g/mol. The van der Waals surface area contributed by atoms with E-state index in [-0.39, 0.29) is 0 Å². The predicted molar refractivity (Wildman–Crippen MR) is 75.4 cm³/mol. The maximum atomic E-state index is 12.9. The van der Waals surface area contributed by atoms with Gasteiger partial charge in [0.05, 0.1) is 11.9 Å². The van der Waals surface area contributed by atoms with Gasteiger partial charge in [0.2, 0.25) is 5.91 Å². The second-order valence-electron chi connectivity index (χ2n) is 5.61. The topological polar surface area (TPSA) is 79.4 Å². The summed E-state index contributed by atoms with van der Waals surface area (Å²) >= 11 is 0. The molecule has 1 aliphatic carbocycles. The number of nitrogens with one attached hydrogen (secondary N) is 1. The summed E-state index contributed by atoms with van der Waals surface area (Å²) in [5.74, 6) is -0.856. The van der Waals surface area contributed by atoms with Crippen molar-refractivity contribution in [2.45, 2.75) is 38.5 Å². The third kappa shape index (κ3) is 2.20. The minimum absolute atomic E-state index is 0.399. The monoisotopic (exact) mass is 287 g/mol. The molecule has 1 aromatic heterocycles. The zero-order valence-corrected chi connectivity index (χ0v) is 11.7. The highest BCUT2D eigenvalue weighted by atomic mass is 16.2. The molecule has 21 heavy (non-hydrogen) atoms. The quantitative estimate of drug-likeness (QED) is 0.801. The largest absolute Gasteiger partial charge is 0.335 e. The van der Waals surface area contributed by atoms with Gasteiger partial charge < -0.3 is 0 Å². The Morgan fingerprint density at radius 1 is 1.10 bits per heavy atom. The van der Waals surface area contributed by atoms with E-state index in [9.17, 15) is 14.4 Å². The number of barbiturate groups is 1. The zero-order chi connectivity index (χ0) is 14.9. The molecule has 1 saturated heterocycles. The van der Waals surface area contributed by atoms with Crippen molar-refractivity contribution in [1.82, 2.24) is 10.3 Å². The van der Waals surface area contributed by atoms with E-state index in [4.69, 9.17) is 0 Å². The predicted octanol–water partition coefficient (Wildman–Crippen LogP) is 2.00. The molecule has 1 aromatic rings. The Kier molecular flexibility index (Phi) is 3.45. The van der Waals surface area contributed by atoms with E-state index in [1.807, 2.05) is 0 Å². The SMILES string of the molecule is O=C1NC(=O)C2(CCCCCC2)C(=O)N1c1cccnc1. The number of nitrogens with zero attached hydrogens (tertiary/aromatic N) is 2. The van der Waals surface area contributed by atoms with Gasteiger partial charge in [0.25, 0.3) is 5.91 Å². The maximum Gasteiger partial charge on any atom is 0.335 e. The van der Waals surface area contributed by atoms with Crippen LogP contribution in [0.4, 0.5) is 10.5 Å². The van der Waals surface area contributed by atoms with Crippen LogP contribution in [-0.2, 0) is 9.59 Å². The summed E-state index contributed by atoms with van der Waals surface area (Å²) in [5.41, 5.74) is -0.698. The van der Waals surface area contributed by atoms with Crippen LogP contribution in [0.25, 0.3) is 0 Å². The number of hydrogen-bond donors (Lipinski definition) is 1. The molecule has 6 nitrogen and oxygen atoms in total. The second-order valence-corrected chi connectivity index (χ2v) is 5.61. The number of carbonyl (C=O) groups is 3. The summed E-state index contributed by atoms with van der Waals surface area (Å²) in [5, 5.41) is 2.35. The van der Waals surface area contributed by atoms with Crippen molar-refractivity contribution in [2.75, 3.05) is 4.90 Å². The number of anilines is 1. The van der Waals surface area contributed by atoms with Crippen molar-refractivity contribution >= 4 is 23.5 Å². The molecular formula is C15H17N3O3. The van der Waals surface area contributed by atoms with Crippen LogP contribution in [0.5, 0.6) is 0 Å². The number of amides is 4. The highest BCUT2D eigenvalue weighted by molar-refractivity contribution is 6.29. The lowest BCUT2D eigenvalue weighted by Crippen LogP contribution is -2.64. The Balaban J connectivity index is 2.01. The lowest BCUT2D eigenvalue weighted by molar-refractivity contribution is -0.143. The zero-order valence-electron chi connectivity index (χ0n) is 11.7. The van der Waals surface area contributed by atoms with Crippen molar-refractivity contribution in [1.29, 1.82) is 0 Å². The first-order valence-electron chi connectivity index (χ1n) is 7.25. The molecule has 110 valence electrons. The van der Waals surface area contributed by atoms with Crippen molar-refractivity contribution in [2.24, 2.45) is 5.41 Å². The fourth-order valence-corrected chi connectivity index (χ4v) is 3.17. The summed E-state index contributed by atoms with van der Waals surface area (Å²) < 4.78 is 0. The number of pyridine rings is 1. The van der Waals surface area contributed by atoms with Gasteiger partial charge in [0.15, 0.2) is 0 Å². The van der Waals surface area contributed by atoms with E-state index in [0.29, 0.717) is 18.5 Å². The molecule has 1 aliphatic heterocycles. The molecule has 2 fully saturated rings. The van der Waals surface area contributed by atoms with Gasteiger partial charge in [-0.1, -0.05) is 25.7 Å². The van der Waals surface area contributed by atoms with Crippen molar-refractivity contribution in [3.05, 3.63) is 24.5 Å². The minimum Gasteiger partial charge on any atom is -0.276 e. The van der Waals surface area contributed by atoms with E-state index in [2.05, 4.69) is 10.3 Å². The molecule has 2 aliphatic rings. The molecule has 1 saturated carbocycles. The summed E-state index contributed by atoms with van der Waals surface area (Å²) in [6.07, 6.45) is 7.72. The smallest absolute Gasteiger partial charge is 0.276 e. The van der Waals surface area contributed by atoms with Crippen molar-refractivity contribution in [3.8, 4) is 0 Å². The molecule has 0 atom stereocenters. The molecule has 6 heteroatoms. The van der Waals surface area contributed by atoms with Crippen LogP contribution in [-0.4, -0.2) is 22.8 Å². The fourth-order valence-electron chi connectivity index (χ4n) is 3.17.